The molecule has 0 atom stereocenters. The van der Waals surface area contributed by atoms with E-state index in [-0.39, 0.29) is 0 Å². The lowest BCUT2D eigenvalue weighted by molar-refractivity contribution is 0.111. The highest BCUT2D eigenvalue weighted by molar-refractivity contribution is 5.83. The predicted molar refractivity (Wildman–Crippen MR) is 75.8 cm³/mol. The van der Waals surface area contributed by atoms with Gasteiger partial charge in [-0.05, 0) is 30.9 Å². The van der Waals surface area contributed by atoms with Crippen LogP contribution in [0.5, 0.6) is 0 Å². The van der Waals surface area contributed by atoms with Crippen LogP contribution in [0.2, 0.25) is 0 Å². The summed E-state index contributed by atoms with van der Waals surface area (Å²) in [5.74, 6) is 1.67. The largest absolute Gasteiger partial charge is 0.355 e. The van der Waals surface area contributed by atoms with Crippen molar-refractivity contribution < 1.29 is 4.79 Å². The van der Waals surface area contributed by atoms with Crippen molar-refractivity contribution in [1.82, 2.24) is 9.38 Å². The number of carbonyl (C=O) groups is 1. The van der Waals surface area contributed by atoms with Gasteiger partial charge in [0, 0.05) is 19.3 Å². The molecule has 1 aliphatic rings. The second kappa shape index (κ2) is 5.03. The number of nitrogens with zero attached hydrogens (tertiary/aromatic N) is 3. The Morgan fingerprint density at radius 1 is 1.37 bits per heavy atom. The van der Waals surface area contributed by atoms with Crippen molar-refractivity contribution in [3.05, 3.63) is 30.1 Å². The summed E-state index contributed by atoms with van der Waals surface area (Å²) < 4.78 is 1.87. The molecule has 1 aliphatic heterocycles. The molecule has 2 aromatic heterocycles. The molecule has 0 spiro atoms. The minimum Gasteiger partial charge on any atom is -0.355 e. The second-order valence-corrected chi connectivity index (χ2v) is 5.21. The predicted octanol–water partition coefficient (Wildman–Crippen LogP) is 2.77. The van der Waals surface area contributed by atoms with E-state index in [0.29, 0.717) is 5.69 Å². The van der Waals surface area contributed by atoms with E-state index in [1.807, 2.05) is 28.8 Å². The molecule has 4 heteroatoms. The molecule has 0 aromatic carbocycles. The third-order valence-corrected chi connectivity index (χ3v) is 4.15. The van der Waals surface area contributed by atoms with Crippen molar-refractivity contribution in [3.8, 4) is 0 Å². The van der Waals surface area contributed by atoms with Crippen molar-refractivity contribution in [3.63, 3.8) is 0 Å². The molecule has 0 N–H and O–H groups in total. The smallest absolute Gasteiger partial charge is 0.170 e. The minimum absolute atomic E-state index is 0.672. The maximum absolute atomic E-state index is 11.4. The summed E-state index contributed by atoms with van der Waals surface area (Å²) in [6, 6.07) is 5.81. The molecule has 0 bridgehead atoms. The molecule has 0 aliphatic carbocycles. The van der Waals surface area contributed by atoms with Crippen LogP contribution in [0, 0.1) is 5.92 Å². The van der Waals surface area contributed by atoms with Gasteiger partial charge in [-0.1, -0.05) is 19.4 Å². The van der Waals surface area contributed by atoms with Crippen molar-refractivity contribution in [1.29, 1.82) is 0 Å². The van der Waals surface area contributed by atoms with Gasteiger partial charge < -0.3 is 4.90 Å². The highest BCUT2D eigenvalue weighted by Crippen LogP contribution is 2.27. The lowest BCUT2D eigenvalue weighted by atomic mass is 9.94. The van der Waals surface area contributed by atoms with E-state index in [2.05, 4.69) is 16.8 Å². The van der Waals surface area contributed by atoms with Crippen molar-refractivity contribution in [2.45, 2.75) is 26.2 Å². The Bertz CT molecular complexity index is 582. The Labute approximate surface area is 113 Å². The zero-order valence-electron chi connectivity index (χ0n) is 11.2. The molecule has 2 aromatic rings. The van der Waals surface area contributed by atoms with Crippen molar-refractivity contribution in [2.75, 3.05) is 18.0 Å². The molecule has 3 heterocycles. The summed E-state index contributed by atoms with van der Waals surface area (Å²) in [5, 5.41) is 0. The van der Waals surface area contributed by atoms with Crippen LogP contribution in [0.1, 0.15) is 36.7 Å². The summed E-state index contributed by atoms with van der Waals surface area (Å²) >= 11 is 0. The summed E-state index contributed by atoms with van der Waals surface area (Å²) in [7, 11) is 0. The number of fused-ring (bicyclic) bond motifs is 1. The van der Waals surface area contributed by atoms with E-state index >= 15 is 0 Å². The number of pyridine rings is 1. The number of aldehydes is 1. The first-order valence-electron chi connectivity index (χ1n) is 7.00. The maximum Gasteiger partial charge on any atom is 0.170 e. The molecule has 100 valence electrons. The SMILES string of the molecule is CCC1CCN(c2nc3ccccn3c2C=O)CC1. The molecule has 1 fully saturated rings. The van der Waals surface area contributed by atoms with Crippen LogP contribution in [0.25, 0.3) is 5.65 Å². The average Bonchev–Trinajstić information content (AvgIpc) is 2.85. The lowest BCUT2D eigenvalue weighted by Crippen LogP contribution is -2.34. The third kappa shape index (κ3) is 2.11. The van der Waals surface area contributed by atoms with Crippen LogP contribution in [0.4, 0.5) is 5.82 Å². The number of hydrogen-bond acceptors (Lipinski definition) is 3. The van der Waals surface area contributed by atoms with E-state index < -0.39 is 0 Å². The Morgan fingerprint density at radius 3 is 2.84 bits per heavy atom. The lowest BCUT2D eigenvalue weighted by Gasteiger charge is -2.31. The molecule has 19 heavy (non-hydrogen) atoms. The first-order valence-corrected chi connectivity index (χ1v) is 7.00. The molecular formula is C15H19N3O. The molecule has 1 saturated heterocycles. The number of hydrogen-bond donors (Lipinski definition) is 0. The Morgan fingerprint density at radius 2 is 2.16 bits per heavy atom. The van der Waals surface area contributed by atoms with E-state index in [1.54, 1.807) is 0 Å². The first-order chi connectivity index (χ1) is 9.33. The van der Waals surface area contributed by atoms with E-state index in [0.717, 1.165) is 36.8 Å². The monoisotopic (exact) mass is 257 g/mol. The Balaban J connectivity index is 1.94. The first kappa shape index (κ1) is 12.2. The van der Waals surface area contributed by atoms with Gasteiger partial charge in [-0.15, -0.1) is 0 Å². The number of piperidine rings is 1. The zero-order valence-corrected chi connectivity index (χ0v) is 11.2. The third-order valence-electron chi connectivity index (χ3n) is 4.15. The van der Waals surface area contributed by atoms with Crippen LogP contribution >= 0.6 is 0 Å². The molecule has 0 saturated carbocycles. The molecule has 3 rings (SSSR count). The molecule has 0 unspecified atom stereocenters. The highest BCUT2D eigenvalue weighted by atomic mass is 16.1. The van der Waals surface area contributed by atoms with Crippen molar-refractivity contribution >= 4 is 17.8 Å². The summed E-state index contributed by atoms with van der Waals surface area (Å²) in [6.45, 7) is 4.26. The number of aromatic nitrogens is 2. The van der Waals surface area contributed by atoms with Gasteiger partial charge in [0.1, 0.15) is 11.3 Å². The topological polar surface area (TPSA) is 37.6 Å². The normalized spacial score (nSPS) is 17.0. The summed E-state index contributed by atoms with van der Waals surface area (Å²) in [4.78, 5) is 18.2. The maximum atomic E-state index is 11.4. The van der Waals surface area contributed by atoms with Gasteiger partial charge >= 0.3 is 0 Å². The van der Waals surface area contributed by atoms with E-state index in [9.17, 15) is 4.79 Å². The van der Waals surface area contributed by atoms with Gasteiger partial charge in [-0.2, -0.15) is 0 Å². The fraction of sp³-hybridized carbons (Fsp3) is 0.467. The van der Waals surface area contributed by atoms with Gasteiger partial charge in [0.2, 0.25) is 0 Å². The standard InChI is InChI=1S/C15H19N3O/c1-2-12-6-9-17(10-7-12)15-13(11-19)18-8-4-3-5-14(18)16-15/h3-5,8,11-12H,2,6-7,9-10H2,1H3. The van der Waals surface area contributed by atoms with Crippen LogP contribution in [0.3, 0.4) is 0 Å². The summed E-state index contributed by atoms with van der Waals surface area (Å²) in [6.07, 6.45) is 6.46. The van der Waals surface area contributed by atoms with Gasteiger partial charge in [0.05, 0.1) is 0 Å². The molecule has 0 radical (unpaired) electrons. The van der Waals surface area contributed by atoms with Gasteiger partial charge in [-0.3, -0.25) is 9.20 Å². The van der Waals surface area contributed by atoms with Crippen LogP contribution in [0.15, 0.2) is 24.4 Å². The molecule has 4 nitrogen and oxygen atoms in total. The number of imidazole rings is 1. The molecule has 0 amide bonds. The fourth-order valence-corrected chi connectivity index (χ4v) is 2.90. The van der Waals surface area contributed by atoms with Gasteiger partial charge in [0.15, 0.2) is 12.1 Å². The number of carbonyl (C=O) groups excluding carboxylic acids is 1. The minimum atomic E-state index is 0.672. The fourth-order valence-electron chi connectivity index (χ4n) is 2.90. The van der Waals surface area contributed by atoms with Crippen LogP contribution in [-0.4, -0.2) is 28.8 Å². The van der Waals surface area contributed by atoms with Crippen molar-refractivity contribution in [2.24, 2.45) is 5.92 Å². The second-order valence-electron chi connectivity index (χ2n) is 5.21. The van der Waals surface area contributed by atoms with Gasteiger partial charge in [-0.25, -0.2) is 4.98 Å². The number of rotatable bonds is 3. The van der Waals surface area contributed by atoms with Crippen LogP contribution < -0.4 is 4.90 Å². The Hall–Kier alpha value is -1.84. The van der Waals surface area contributed by atoms with Gasteiger partial charge in [0.25, 0.3) is 0 Å². The molecular weight excluding hydrogens is 238 g/mol. The zero-order chi connectivity index (χ0) is 13.2. The quantitative estimate of drug-likeness (QED) is 0.793. The number of anilines is 1. The average molecular weight is 257 g/mol. The highest BCUT2D eigenvalue weighted by Gasteiger charge is 2.23. The van der Waals surface area contributed by atoms with E-state index in [4.69, 9.17) is 0 Å². The summed E-state index contributed by atoms with van der Waals surface area (Å²) in [5.41, 5.74) is 1.52. The Kier molecular flexibility index (Phi) is 3.23. The van der Waals surface area contributed by atoms with E-state index in [1.165, 1.54) is 19.3 Å². The van der Waals surface area contributed by atoms with Crippen LogP contribution in [-0.2, 0) is 0 Å².